The van der Waals surface area contributed by atoms with E-state index < -0.39 is 5.91 Å². The summed E-state index contributed by atoms with van der Waals surface area (Å²) in [5, 5.41) is 4.93. The summed E-state index contributed by atoms with van der Waals surface area (Å²) >= 11 is 3.42. The van der Waals surface area contributed by atoms with E-state index in [2.05, 4.69) is 31.4 Å². The number of aromatic amines is 1. The first-order chi connectivity index (χ1) is 10.6. The number of carbonyl (C=O) groups is 1. The van der Waals surface area contributed by atoms with Crippen LogP contribution in [0.4, 0.5) is 4.39 Å². The van der Waals surface area contributed by atoms with Crippen LogP contribution < -0.4 is 5.43 Å². The van der Waals surface area contributed by atoms with Gasteiger partial charge in [0.25, 0.3) is 5.91 Å². The molecule has 0 unspecified atom stereocenters. The van der Waals surface area contributed by atoms with Crippen LogP contribution >= 0.6 is 15.9 Å². The van der Waals surface area contributed by atoms with Gasteiger partial charge in [-0.3, -0.25) is 4.79 Å². The maximum atomic E-state index is 12.8. The fourth-order valence-corrected chi connectivity index (χ4v) is 2.41. The largest absolute Gasteiger partial charge is 0.361 e. The second-order valence-electron chi connectivity index (χ2n) is 4.64. The van der Waals surface area contributed by atoms with Gasteiger partial charge >= 0.3 is 0 Å². The van der Waals surface area contributed by atoms with Crippen molar-refractivity contribution in [1.82, 2.24) is 10.4 Å². The van der Waals surface area contributed by atoms with Gasteiger partial charge in [0.1, 0.15) is 5.82 Å². The number of benzene rings is 2. The zero-order valence-corrected chi connectivity index (χ0v) is 12.9. The predicted molar refractivity (Wildman–Crippen MR) is 87.5 cm³/mol. The molecule has 22 heavy (non-hydrogen) atoms. The number of hydrazone groups is 1. The van der Waals surface area contributed by atoms with Crippen molar-refractivity contribution in [1.29, 1.82) is 0 Å². The fourth-order valence-electron chi connectivity index (χ4n) is 2.05. The number of carbonyl (C=O) groups excluding carboxylic acids is 1. The maximum Gasteiger partial charge on any atom is 0.271 e. The second-order valence-corrected chi connectivity index (χ2v) is 5.56. The Morgan fingerprint density at radius 3 is 2.77 bits per heavy atom. The molecular weight excluding hydrogens is 349 g/mol. The molecule has 0 saturated carbocycles. The molecule has 0 aliphatic rings. The lowest BCUT2D eigenvalue weighted by Crippen LogP contribution is -2.17. The van der Waals surface area contributed by atoms with Crippen molar-refractivity contribution in [3.05, 3.63) is 70.1 Å². The Morgan fingerprint density at radius 1 is 1.23 bits per heavy atom. The quantitative estimate of drug-likeness (QED) is 0.541. The van der Waals surface area contributed by atoms with Crippen molar-refractivity contribution in [2.75, 3.05) is 0 Å². The molecule has 0 radical (unpaired) electrons. The highest BCUT2D eigenvalue weighted by Gasteiger charge is 2.05. The molecule has 1 aromatic heterocycles. The van der Waals surface area contributed by atoms with Crippen LogP contribution in [0.3, 0.4) is 0 Å². The van der Waals surface area contributed by atoms with E-state index in [9.17, 15) is 9.18 Å². The number of amides is 1. The highest BCUT2D eigenvalue weighted by molar-refractivity contribution is 9.10. The molecule has 1 heterocycles. The van der Waals surface area contributed by atoms with Crippen molar-refractivity contribution in [2.45, 2.75) is 0 Å². The van der Waals surface area contributed by atoms with Gasteiger partial charge in [-0.15, -0.1) is 0 Å². The van der Waals surface area contributed by atoms with E-state index in [0.29, 0.717) is 5.56 Å². The molecule has 0 saturated heterocycles. The third-order valence-corrected chi connectivity index (χ3v) is 3.65. The summed E-state index contributed by atoms with van der Waals surface area (Å²) in [6.07, 6.45) is 3.37. The van der Waals surface area contributed by atoms with Crippen molar-refractivity contribution in [2.24, 2.45) is 5.10 Å². The monoisotopic (exact) mass is 359 g/mol. The number of hydrogen-bond donors (Lipinski definition) is 2. The number of hydrogen-bond acceptors (Lipinski definition) is 2. The van der Waals surface area contributed by atoms with E-state index in [1.165, 1.54) is 24.3 Å². The van der Waals surface area contributed by atoms with Gasteiger partial charge in [-0.05, 0) is 42.5 Å². The van der Waals surface area contributed by atoms with Crippen molar-refractivity contribution < 1.29 is 9.18 Å². The number of nitrogens with one attached hydrogen (secondary N) is 2. The molecule has 0 fully saturated rings. The zero-order chi connectivity index (χ0) is 15.5. The molecule has 1 amide bonds. The highest BCUT2D eigenvalue weighted by atomic mass is 79.9. The van der Waals surface area contributed by atoms with E-state index >= 15 is 0 Å². The standard InChI is InChI=1S/C16H11BrFN3O/c17-12-3-6-15-14(7-12)11(8-19-15)9-20-21-16(22)10-1-4-13(18)5-2-10/h1-9,19H,(H,21,22)/b20-9+. The van der Waals surface area contributed by atoms with Crippen LogP contribution in [0, 0.1) is 5.82 Å². The smallest absolute Gasteiger partial charge is 0.271 e. The van der Waals surface area contributed by atoms with Gasteiger partial charge in [0.2, 0.25) is 0 Å². The molecule has 0 aliphatic carbocycles. The topological polar surface area (TPSA) is 57.2 Å². The number of halogens is 2. The Kier molecular flexibility index (Phi) is 4.02. The van der Waals surface area contributed by atoms with Crippen LogP contribution in [0.1, 0.15) is 15.9 Å². The highest BCUT2D eigenvalue weighted by Crippen LogP contribution is 2.21. The van der Waals surface area contributed by atoms with Crippen molar-refractivity contribution in [3.63, 3.8) is 0 Å². The van der Waals surface area contributed by atoms with Gasteiger partial charge in [-0.25, -0.2) is 9.82 Å². The van der Waals surface area contributed by atoms with Crippen molar-refractivity contribution in [3.8, 4) is 0 Å². The lowest BCUT2D eigenvalue weighted by Gasteiger charge is -1.99. The zero-order valence-electron chi connectivity index (χ0n) is 11.3. The molecule has 0 bridgehead atoms. The normalized spacial score (nSPS) is 11.2. The molecule has 0 spiro atoms. The van der Waals surface area contributed by atoms with Crippen LogP contribution in [0.5, 0.6) is 0 Å². The fraction of sp³-hybridized carbons (Fsp3) is 0. The van der Waals surface area contributed by atoms with Crippen LogP contribution in [0.25, 0.3) is 10.9 Å². The van der Waals surface area contributed by atoms with Crippen LogP contribution in [0.2, 0.25) is 0 Å². The van der Waals surface area contributed by atoms with Gasteiger partial charge in [0, 0.05) is 32.7 Å². The molecule has 3 rings (SSSR count). The summed E-state index contributed by atoms with van der Waals surface area (Å²) in [4.78, 5) is 15.0. The Balaban J connectivity index is 1.74. The third-order valence-electron chi connectivity index (χ3n) is 3.15. The average Bonchev–Trinajstić information content (AvgIpc) is 2.90. The first-order valence-electron chi connectivity index (χ1n) is 6.49. The molecule has 110 valence electrons. The Labute approximate surface area is 134 Å². The number of rotatable bonds is 3. The SMILES string of the molecule is O=C(N/N=C/c1c[nH]c2ccc(Br)cc12)c1ccc(F)cc1. The Hall–Kier alpha value is -2.47. The molecule has 6 heteroatoms. The van der Waals surface area contributed by atoms with Crippen LogP contribution in [-0.4, -0.2) is 17.1 Å². The van der Waals surface area contributed by atoms with Crippen LogP contribution in [-0.2, 0) is 0 Å². The molecule has 0 atom stereocenters. The first-order valence-corrected chi connectivity index (χ1v) is 7.28. The number of fused-ring (bicyclic) bond motifs is 1. The average molecular weight is 360 g/mol. The summed E-state index contributed by atoms with van der Waals surface area (Å²) in [6, 6.07) is 11.1. The summed E-state index contributed by atoms with van der Waals surface area (Å²) < 4.78 is 13.8. The van der Waals surface area contributed by atoms with E-state index in [1.54, 1.807) is 6.21 Å². The minimum atomic E-state index is -0.391. The van der Waals surface area contributed by atoms with E-state index in [-0.39, 0.29) is 5.82 Å². The Bertz CT molecular complexity index is 855. The Morgan fingerprint density at radius 2 is 2.00 bits per heavy atom. The first kappa shape index (κ1) is 14.5. The number of aromatic nitrogens is 1. The molecule has 3 aromatic rings. The predicted octanol–water partition coefficient (Wildman–Crippen LogP) is 3.83. The van der Waals surface area contributed by atoms with Gasteiger partial charge in [0.15, 0.2) is 0 Å². The lowest BCUT2D eigenvalue weighted by atomic mass is 10.2. The molecular formula is C16H11BrFN3O. The summed E-state index contributed by atoms with van der Waals surface area (Å²) in [5.41, 5.74) is 4.60. The molecule has 4 nitrogen and oxygen atoms in total. The molecule has 0 aliphatic heterocycles. The van der Waals surface area contributed by atoms with Gasteiger partial charge in [-0.1, -0.05) is 15.9 Å². The van der Waals surface area contributed by atoms with Gasteiger partial charge in [-0.2, -0.15) is 5.10 Å². The summed E-state index contributed by atoms with van der Waals surface area (Å²) in [7, 11) is 0. The molecule has 2 N–H and O–H groups in total. The van der Waals surface area contributed by atoms with Crippen LogP contribution in [0.15, 0.2) is 58.2 Å². The number of nitrogens with zero attached hydrogens (tertiary/aromatic N) is 1. The molecule has 2 aromatic carbocycles. The lowest BCUT2D eigenvalue weighted by molar-refractivity contribution is 0.0955. The van der Waals surface area contributed by atoms with E-state index in [1.807, 2.05) is 24.4 Å². The maximum absolute atomic E-state index is 12.8. The van der Waals surface area contributed by atoms with Gasteiger partial charge < -0.3 is 4.98 Å². The third kappa shape index (κ3) is 3.07. The van der Waals surface area contributed by atoms with Crippen molar-refractivity contribution >= 4 is 39.0 Å². The second kappa shape index (κ2) is 6.11. The summed E-state index contributed by atoms with van der Waals surface area (Å²) in [5.74, 6) is -0.776. The van der Waals surface area contributed by atoms with Gasteiger partial charge in [0.05, 0.1) is 6.21 Å². The summed E-state index contributed by atoms with van der Waals surface area (Å²) in [6.45, 7) is 0. The minimum Gasteiger partial charge on any atom is -0.361 e. The minimum absolute atomic E-state index is 0.347. The van der Waals surface area contributed by atoms with E-state index in [0.717, 1.165) is 20.9 Å². The number of H-pyrrole nitrogens is 1. The van der Waals surface area contributed by atoms with E-state index in [4.69, 9.17) is 0 Å².